The fourth-order valence-electron chi connectivity index (χ4n) is 1.65. The van der Waals surface area contributed by atoms with Gasteiger partial charge in [0, 0.05) is 15.7 Å². The Labute approximate surface area is 111 Å². The summed E-state index contributed by atoms with van der Waals surface area (Å²) in [5.41, 5.74) is 3.85. The molecule has 0 heterocycles. The summed E-state index contributed by atoms with van der Waals surface area (Å²) in [6, 6.07) is 3.93. The van der Waals surface area contributed by atoms with Crippen LogP contribution in [-0.4, -0.2) is 5.91 Å². The summed E-state index contributed by atoms with van der Waals surface area (Å²) in [4.78, 5) is 11.8. The van der Waals surface area contributed by atoms with Gasteiger partial charge in [0.05, 0.1) is 0 Å². The molecule has 0 spiro atoms. The van der Waals surface area contributed by atoms with Crippen LogP contribution in [0.3, 0.4) is 0 Å². The van der Waals surface area contributed by atoms with Crippen LogP contribution in [-0.2, 0) is 4.79 Å². The number of allylic oxidation sites excluding steroid dienone is 1. The molecule has 0 aliphatic heterocycles. The van der Waals surface area contributed by atoms with Gasteiger partial charge in [0.15, 0.2) is 0 Å². The number of halogens is 1. The maximum Gasteiger partial charge on any atom is 0.250 e. The highest BCUT2D eigenvalue weighted by molar-refractivity contribution is 9.10. The van der Waals surface area contributed by atoms with Crippen molar-refractivity contribution in [3.63, 3.8) is 0 Å². The van der Waals surface area contributed by atoms with Gasteiger partial charge in [-0.2, -0.15) is 0 Å². The molecule has 1 rings (SSSR count). The van der Waals surface area contributed by atoms with Gasteiger partial charge in [0.2, 0.25) is 0 Å². The SMILES string of the molecule is CC/C=C(/C)C(=O)Nc1cc(C)c(Br)c(C)c1. The lowest BCUT2D eigenvalue weighted by molar-refractivity contribution is -0.112. The first-order chi connectivity index (χ1) is 7.95. The second-order valence-corrected chi connectivity index (χ2v) is 4.97. The Morgan fingerprint density at radius 3 is 2.35 bits per heavy atom. The number of hydrogen-bond donors (Lipinski definition) is 1. The predicted molar refractivity (Wildman–Crippen MR) is 76.3 cm³/mol. The van der Waals surface area contributed by atoms with E-state index in [9.17, 15) is 4.79 Å². The Morgan fingerprint density at radius 2 is 1.88 bits per heavy atom. The summed E-state index contributed by atoms with van der Waals surface area (Å²) in [7, 11) is 0. The van der Waals surface area contributed by atoms with Crippen molar-refractivity contribution < 1.29 is 4.79 Å². The van der Waals surface area contributed by atoms with E-state index in [2.05, 4.69) is 21.2 Å². The Morgan fingerprint density at radius 1 is 1.35 bits per heavy atom. The van der Waals surface area contributed by atoms with Gasteiger partial charge in [0.1, 0.15) is 0 Å². The first-order valence-electron chi connectivity index (χ1n) is 5.70. The van der Waals surface area contributed by atoms with Crippen molar-refractivity contribution >= 4 is 27.5 Å². The Bertz CT molecular complexity index is 440. The summed E-state index contributed by atoms with van der Waals surface area (Å²) in [6.07, 6.45) is 2.80. The van der Waals surface area contributed by atoms with E-state index in [-0.39, 0.29) is 5.91 Å². The van der Waals surface area contributed by atoms with Crippen molar-refractivity contribution in [1.82, 2.24) is 0 Å². The maximum absolute atomic E-state index is 11.8. The molecular weight excluding hydrogens is 278 g/mol. The van der Waals surface area contributed by atoms with Crippen molar-refractivity contribution in [2.45, 2.75) is 34.1 Å². The zero-order valence-corrected chi connectivity index (χ0v) is 12.3. The Balaban J connectivity index is 2.90. The molecule has 1 aromatic rings. The average molecular weight is 296 g/mol. The molecule has 92 valence electrons. The number of amides is 1. The van der Waals surface area contributed by atoms with Crippen LogP contribution >= 0.6 is 15.9 Å². The normalized spacial score (nSPS) is 11.5. The largest absolute Gasteiger partial charge is 0.322 e. The lowest BCUT2D eigenvalue weighted by atomic mass is 10.1. The standard InChI is InChI=1S/C14H18BrNO/c1-5-6-9(2)14(17)16-12-7-10(3)13(15)11(4)8-12/h6-8H,5H2,1-4H3,(H,16,17)/b9-6-. The fraction of sp³-hybridized carbons (Fsp3) is 0.357. The number of benzene rings is 1. The van der Waals surface area contributed by atoms with Crippen molar-refractivity contribution in [2.75, 3.05) is 5.32 Å². The zero-order chi connectivity index (χ0) is 13.0. The molecule has 2 nitrogen and oxygen atoms in total. The maximum atomic E-state index is 11.8. The van der Waals surface area contributed by atoms with Crippen molar-refractivity contribution in [2.24, 2.45) is 0 Å². The third-order valence-corrected chi connectivity index (χ3v) is 3.81. The summed E-state index contributed by atoms with van der Waals surface area (Å²) < 4.78 is 1.09. The number of carbonyl (C=O) groups excluding carboxylic acids is 1. The smallest absolute Gasteiger partial charge is 0.250 e. The second-order valence-electron chi connectivity index (χ2n) is 4.17. The molecule has 0 fully saturated rings. The monoisotopic (exact) mass is 295 g/mol. The quantitative estimate of drug-likeness (QED) is 0.825. The van der Waals surface area contributed by atoms with Crippen molar-refractivity contribution in [1.29, 1.82) is 0 Å². The van der Waals surface area contributed by atoms with E-state index >= 15 is 0 Å². The fourth-order valence-corrected chi connectivity index (χ4v) is 1.88. The summed E-state index contributed by atoms with van der Waals surface area (Å²) in [5.74, 6) is -0.0343. The van der Waals surface area contributed by atoms with Gasteiger partial charge in [-0.3, -0.25) is 4.79 Å². The number of hydrogen-bond acceptors (Lipinski definition) is 1. The van der Waals surface area contributed by atoms with E-state index in [0.29, 0.717) is 0 Å². The average Bonchev–Trinajstić information content (AvgIpc) is 2.26. The van der Waals surface area contributed by atoms with E-state index in [1.54, 1.807) is 0 Å². The molecule has 1 N–H and O–H groups in total. The summed E-state index contributed by atoms with van der Waals surface area (Å²) in [6.45, 7) is 7.88. The molecular formula is C14H18BrNO. The summed E-state index contributed by atoms with van der Waals surface area (Å²) >= 11 is 3.51. The highest BCUT2D eigenvalue weighted by Gasteiger charge is 2.07. The van der Waals surface area contributed by atoms with Crippen LogP contribution in [0.5, 0.6) is 0 Å². The lowest BCUT2D eigenvalue weighted by Crippen LogP contribution is -2.12. The van der Waals surface area contributed by atoms with E-state index in [4.69, 9.17) is 0 Å². The molecule has 0 bridgehead atoms. The van der Waals surface area contributed by atoms with E-state index in [1.807, 2.05) is 45.9 Å². The van der Waals surface area contributed by atoms with Crippen LogP contribution in [0.1, 0.15) is 31.4 Å². The molecule has 17 heavy (non-hydrogen) atoms. The Kier molecular flexibility index (Phi) is 4.94. The third-order valence-electron chi connectivity index (χ3n) is 2.56. The number of aryl methyl sites for hydroxylation is 2. The van der Waals surface area contributed by atoms with Crippen LogP contribution in [0.25, 0.3) is 0 Å². The van der Waals surface area contributed by atoms with E-state index < -0.39 is 0 Å². The molecule has 0 unspecified atom stereocenters. The van der Waals surface area contributed by atoms with Crippen LogP contribution in [0, 0.1) is 13.8 Å². The highest BCUT2D eigenvalue weighted by atomic mass is 79.9. The minimum atomic E-state index is -0.0343. The van der Waals surface area contributed by atoms with E-state index in [1.165, 1.54) is 0 Å². The molecule has 0 aromatic heterocycles. The van der Waals surface area contributed by atoms with Crippen molar-refractivity contribution in [3.05, 3.63) is 39.4 Å². The number of anilines is 1. The van der Waals surface area contributed by atoms with Crippen LogP contribution in [0.15, 0.2) is 28.3 Å². The van der Waals surface area contributed by atoms with Crippen LogP contribution in [0.2, 0.25) is 0 Å². The third kappa shape index (κ3) is 3.70. The number of nitrogens with one attached hydrogen (secondary N) is 1. The van der Waals surface area contributed by atoms with Gasteiger partial charge in [-0.25, -0.2) is 0 Å². The number of rotatable bonds is 3. The molecule has 3 heteroatoms. The van der Waals surface area contributed by atoms with E-state index in [0.717, 1.165) is 33.3 Å². The molecule has 1 aromatic carbocycles. The highest BCUT2D eigenvalue weighted by Crippen LogP contribution is 2.25. The van der Waals surface area contributed by atoms with Gasteiger partial charge in [-0.05, 0) is 50.5 Å². The lowest BCUT2D eigenvalue weighted by Gasteiger charge is -2.09. The molecule has 0 radical (unpaired) electrons. The molecule has 0 atom stereocenters. The van der Waals surface area contributed by atoms with Gasteiger partial charge in [0.25, 0.3) is 5.91 Å². The molecule has 1 amide bonds. The Hall–Kier alpha value is -1.09. The first kappa shape index (κ1) is 14.0. The zero-order valence-electron chi connectivity index (χ0n) is 10.7. The first-order valence-corrected chi connectivity index (χ1v) is 6.49. The van der Waals surface area contributed by atoms with Gasteiger partial charge in [-0.15, -0.1) is 0 Å². The van der Waals surface area contributed by atoms with Gasteiger partial charge >= 0.3 is 0 Å². The van der Waals surface area contributed by atoms with Crippen LogP contribution in [0.4, 0.5) is 5.69 Å². The van der Waals surface area contributed by atoms with Crippen molar-refractivity contribution in [3.8, 4) is 0 Å². The van der Waals surface area contributed by atoms with Gasteiger partial charge in [-0.1, -0.05) is 28.9 Å². The van der Waals surface area contributed by atoms with Gasteiger partial charge < -0.3 is 5.32 Å². The molecule has 0 saturated carbocycles. The summed E-state index contributed by atoms with van der Waals surface area (Å²) in [5, 5.41) is 2.91. The van der Waals surface area contributed by atoms with Crippen LogP contribution < -0.4 is 5.32 Å². The minimum Gasteiger partial charge on any atom is -0.322 e. The second kappa shape index (κ2) is 6.01. The molecule has 0 aliphatic rings. The molecule has 0 aliphatic carbocycles. The predicted octanol–water partition coefficient (Wildman–Crippen LogP) is 4.36. The topological polar surface area (TPSA) is 29.1 Å². The number of carbonyl (C=O) groups is 1. The molecule has 0 saturated heterocycles. The minimum absolute atomic E-state index is 0.0343.